The number of carboxylic acids is 1. The van der Waals surface area contributed by atoms with Crippen molar-refractivity contribution >= 4 is 17.7 Å². The third-order valence-corrected chi connectivity index (χ3v) is 6.73. The number of rotatable bonds is 13. The van der Waals surface area contributed by atoms with Crippen LogP contribution in [0.2, 0.25) is 0 Å². The van der Waals surface area contributed by atoms with E-state index in [0.717, 1.165) is 56.5 Å². The normalized spacial score (nSPS) is 16.6. The second kappa shape index (κ2) is 11.7. The number of ether oxygens (including phenoxy) is 1. The van der Waals surface area contributed by atoms with Crippen LogP contribution in [0.4, 0.5) is 14.6 Å². The Morgan fingerprint density at radius 3 is 2.81 bits per heavy atom. The van der Waals surface area contributed by atoms with Crippen molar-refractivity contribution in [2.75, 3.05) is 25.1 Å². The van der Waals surface area contributed by atoms with Gasteiger partial charge in [-0.3, -0.25) is 4.79 Å². The predicted octanol–water partition coefficient (Wildman–Crippen LogP) is 3.20. The number of carboxylic acid groups (broad SMARTS) is 1. The number of hydrogen-bond acceptors (Lipinski definition) is 7. The highest BCUT2D eigenvalue weighted by molar-refractivity contribution is 5.94. The van der Waals surface area contributed by atoms with E-state index in [1.54, 1.807) is 0 Å². The highest BCUT2D eigenvalue weighted by Crippen LogP contribution is 2.50. The first-order valence-corrected chi connectivity index (χ1v) is 12.3. The molecule has 2 aliphatic rings. The Labute approximate surface area is 208 Å². The molecule has 0 aromatic carbocycles. The number of fused-ring (bicyclic) bond motifs is 1. The van der Waals surface area contributed by atoms with Gasteiger partial charge >= 0.3 is 5.97 Å². The van der Waals surface area contributed by atoms with Crippen molar-refractivity contribution in [3.8, 4) is 0 Å². The fourth-order valence-electron chi connectivity index (χ4n) is 4.50. The number of carbonyl (C=O) groups excluding carboxylic acids is 1. The summed E-state index contributed by atoms with van der Waals surface area (Å²) in [6, 6.07) is 3.01. The van der Waals surface area contributed by atoms with Crippen LogP contribution in [0.5, 0.6) is 0 Å². The van der Waals surface area contributed by atoms with E-state index in [1.165, 1.54) is 11.8 Å². The van der Waals surface area contributed by atoms with E-state index in [0.29, 0.717) is 19.4 Å². The molecule has 1 fully saturated rings. The summed E-state index contributed by atoms with van der Waals surface area (Å²) in [5.74, 6) is -0.818. The average molecular weight is 504 g/mol. The topological polar surface area (TPSA) is 126 Å². The van der Waals surface area contributed by atoms with Crippen LogP contribution in [-0.4, -0.2) is 57.7 Å². The van der Waals surface area contributed by atoms with Gasteiger partial charge in [0, 0.05) is 43.6 Å². The standard InChI is InChI=1S/C25H31F2N5O4/c26-21(27)20-18(14-28-15-30-20)25(9-10-25)24(35)32-19(23(33)34)8-13-36-12-2-1-5-17-7-6-16-4-3-11-29-22(16)31-17/h6-7,14-15,19,21H,1-5,8-13H2,(H,29,31)(H,32,35)(H,33,34)/t19-/m0/s1. The number of halogens is 2. The molecule has 3 heterocycles. The Morgan fingerprint density at radius 1 is 1.22 bits per heavy atom. The minimum Gasteiger partial charge on any atom is -0.480 e. The number of carbonyl (C=O) groups is 2. The first-order valence-electron chi connectivity index (χ1n) is 12.3. The molecule has 1 atom stereocenters. The van der Waals surface area contributed by atoms with Gasteiger partial charge in [-0.25, -0.2) is 28.5 Å². The van der Waals surface area contributed by atoms with E-state index < -0.39 is 35.5 Å². The molecule has 1 amide bonds. The van der Waals surface area contributed by atoms with Crippen molar-refractivity contribution in [2.45, 2.75) is 69.2 Å². The molecule has 2 aromatic rings. The van der Waals surface area contributed by atoms with Gasteiger partial charge < -0.3 is 20.5 Å². The molecule has 0 radical (unpaired) electrons. The second-order valence-corrected chi connectivity index (χ2v) is 9.27. The monoisotopic (exact) mass is 503 g/mol. The van der Waals surface area contributed by atoms with Gasteiger partial charge in [-0.15, -0.1) is 0 Å². The maximum absolute atomic E-state index is 13.4. The van der Waals surface area contributed by atoms with Gasteiger partial charge in [0.15, 0.2) is 0 Å². The summed E-state index contributed by atoms with van der Waals surface area (Å²) < 4.78 is 32.3. The number of alkyl halides is 2. The Bertz CT molecular complexity index is 1080. The van der Waals surface area contributed by atoms with Crippen molar-refractivity contribution in [3.05, 3.63) is 47.2 Å². The van der Waals surface area contributed by atoms with Crippen molar-refractivity contribution in [3.63, 3.8) is 0 Å². The zero-order valence-electron chi connectivity index (χ0n) is 20.0. The molecule has 9 nitrogen and oxygen atoms in total. The summed E-state index contributed by atoms with van der Waals surface area (Å²) in [7, 11) is 0. The second-order valence-electron chi connectivity index (χ2n) is 9.27. The number of amides is 1. The van der Waals surface area contributed by atoms with Crippen LogP contribution < -0.4 is 10.6 Å². The SMILES string of the molecule is O=C(O)[C@H](CCOCCCCc1ccc2c(n1)NCCC2)NC(=O)C1(c2cncnc2C(F)F)CC1. The van der Waals surface area contributed by atoms with E-state index in [2.05, 4.69) is 37.7 Å². The summed E-state index contributed by atoms with van der Waals surface area (Å²) in [5, 5.41) is 15.4. The number of hydrogen-bond donors (Lipinski definition) is 3. The van der Waals surface area contributed by atoms with Crippen LogP contribution in [0, 0.1) is 0 Å². The lowest BCUT2D eigenvalue weighted by Crippen LogP contribution is -2.46. The molecule has 0 unspecified atom stereocenters. The third kappa shape index (κ3) is 6.13. The highest BCUT2D eigenvalue weighted by atomic mass is 19.3. The summed E-state index contributed by atoms with van der Waals surface area (Å²) in [6.07, 6.45) is 4.82. The summed E-state index contributed by atoms with van der Waals surface area (Å²) in [5.41, 5.74) is 0.649. The average Bonchev–Trinajstić information content (AvgIpc) is 3.69. The quantitative estimate of drug-likeness (QED) is 0.356. The molecular formula is C25H31F2N5O4. The van der Waals surface area contributed by atoms with Gasteiger partial charge in [0.25, 0.3) is 6.43 Å². The fraction of sp³-hybridized carbons (Fsp3) is 0.560. The lowest BCUT2D eigenvalue weighted by molar-refractivity contribution is -0.142. The summed E-state index contributed by atoms with van der Waals surface area (Å²) in [6.45, 7) is 1.57. The van der Waals surface area contributed by atoms with Gasteiger partial charge in [0.2, 0.25) is 5.91 Å². The lowest BCUT2D eigenvalue weighted by atomic mass is 9.94. The van der Waals surface area contributed by atoms with Crippen molar-refractivity contribution in [1.29, 1.82) is 0 Å². The van der Waals surface area contributed by atoms with Crippen LogP contribution >= 0.6 is 0 Å². The van der Waals surface area contributed by atoms with E-state index >= 15 is 0 Å². The Hall–Kier alpha value is -3.21. The smallest absolute Gasteiger partial charge is 0.326 e. The number of aliphatic carboxylic acids is 1. The maximum atomic E-state index is 13.4. The molecule has 3 N–H and O–H groups in total. The molecular weight excluding hydrogens is 472 g/mol. The Balaban J connectivity index is 1.19. The number of aryl methyl sites for hydroxylation is 2. The highest BCUT2D eigenvalue weighted by Gasteiger charge is 2.54. The number of anilines is 1. The molecule has 1 saturated carbocycles. The molecule has 194 valence electrons. The van der Waals surface area contributed by atoms with Gasteiger partial charge in [-0.05, 0) is 56.6 Å². The first-order chi connectivity index (χ1) is 17.4. The van der Waals surface area contributed by atoms with Crippen molar-refractivity contribution in [2.24, 2.45) is 0 Å². The molecule has 11 heteroatoms. The molecule has 0 spiro atoms. The Kier molecular flexibility index (Phi) is 8.40. The lowest BCUT2D eigenvalue weighted by Gasteiger charge is -2.21. The molecule has 0 saturated heterocycles. The van der Waals surface area contributed by atoms with Crippen LogP contribution in [0.3, 0.4) is 0 Å². The van der Waals surface area contributed by atoms with E-state index in [9.17, 15) is 23.5 Å². The van der Waals surface area contributed by atoms with Crippen LogP contribution in [0.1, 0.15) is 67.5 Å². The minimum absolute atomic E-state index is 0.0575. The molecule has 0 bridgehead atoms. The maximum Gasteiger partial charge on any atom is 0.326 e. The van der Waals surface area contributed by atoms with Crippen LogP contribution in [0.25, 0.3) is 0 Å². The molecule has 1 aliphatic heterocycles. The third-order valence-electron chi connectivity index (χ3n) is 6.73. The predicted molar refractivity (Wildman–Crippen MR) is 127 cm³/mol. The molecule has 1 aliphatic carbocycles. The molecule has 36 heavy (non-hydrogen) atoms. The van der Waals surface area contributed by atoms with E-state index in [-0.39, 0.29) is 18.6 Å². The molecule has 2 aromatic heterocycles. The van der Waals surface area contributed by atoms with Gasteiger partial charge in [0.1, 0.15) is 23.9 Å². The van der Waals surface area contributed by atoms with Crippen molar-refractivity contribution in [1.82, 2.24) is 20.3 Å². The summed E-state index contributed by atoms with van der Waals surface area (Å²) >= 11 is 0. The minimum atomic E-state index is -2.85. The van der Waals surface area contributed by atoms with Gasteiger partial charge in [-0.2, -0.15) is 0 Å². The van der Waals surface area contributed by atoms with E-state index in [1.807, 2.05) is 0 Å². The number of aromatic nitrogens is 3. The zero-order chi connectivity index (χ0) is 25.5. The molecule has 4 rings (SSSR count). The number of nitrogens with one attached hydrogen (secondary N) is 2. The summed E-state index contributed by atoms with van der Waals surface area (Å²) in [4.78, 5) is 36.7. The number of nitrogens with zero attached hydrogens (tertiary/aromatic N) is 3. The fourth-order valence-corrected chi connectivity index (χ4v) is 4.50. The van der Waals surface area contributed by atoms with Crippen molar-refractivity contribution < 1.29 is 28.2 Å². The van der Waals surface area contributed by atoms with Gasteiger partial charge in [-0.1, -0.05) is 6.07 Å². The van der Waals surface area contributed by atoms with Gasteiger partial charge in [0.05, 0.1) is 5.41 Å². The van der Waals surface area contributed by atoms with Crippen LogP contribution in [-0.2, 0) is 32.6 Å². The first kappa shape index (κ1) is 25.9. The Morgan fingerprint density at radius 2 is 2.06 bits per heavy atom. The van der Waals surface area contributed by atoms with E-state index in [4.69, 9.17) is 4.74 Å². The van der Waals surface area contributed by atoms with Crippen LogP contribution in [0.15, 0.2) is 24.7 Å². The number of unbranched alkanes of at least 4 members (excludes halogenated alkanes) is 1. The zero-order valence-corrected chi connectivity index (χ0v) is 20.0. The number of pyridine rings is 1. The largest absolute Gasteiger partial charge is 0.480 e.